The highest BCUT2D eigenvalue weighted by atomic mass is 16.3. The van der Waals surface area contributed by atoms with Crippen LogP contribution in [0.2, 0.25) is 0 Å². The maximum absolute atomic E-state index is 9.52. The molecule has 1 aliphatic rings. The van der Waals surface area contributed by atoms with Gasteiger partial charge >= 0.3 is 0 Å². The lowest BCUT2D eigenvalue weighted by molar-refractivity contribution is 0.149. The molecule has 0 saturated carbocycles. The Kier molecular flexibility index (Phi) is 3.26. The van der Waals surface area contributed by atoms with Gasteiger partial charge in [-0.3, -0.25) is 0 Å². The third kappa shape index (κ3) is 2.32. The fourth-order valence-electron chi connectivity index (χ4n) is 1.16. The summed E-state index contributed by atoms with van der Waals surface area (Å²) in [7, 11) is 0. The minimum atomic E-state index is -0.468. The molecule has 0 bridgehead atoms. The Morgan fingerprint density at radius 1 is 1.50 bits per heavy atom. The molecule has 0 aromatic carbocycles. The summed E-state index contributed by atoms with van der Waals surface area (Å²) in [4.78, 5) is 0. The minimum Gasteiger partial charge on any atom is -0.391 e. The summed E-state index contributed by atoms with van der Waals surface area (Å²) in [5, 5.41) is 9.52. The van der Waals surface area contributed by atoms with E-state index < -0.39 is 6.10 Å². The average Bonchev–Trinajstić information content (AvgIpc) is 2.12. The third-order valence-corrected chi connectivity index (χ3v) is 2.03. The van der Waals surface area contributed by atoms with Gasteiger partial charge in [0.15, 0.2) is 0 Å². The molecule has 0 aromatic heterocycles. The molecular weight excluding hydrogens is 150 g/mol. The largest absolute Gasteiger partial charge is 0.391 e. The summed E-state index contributed by atoms with van der Waals surface area (Å²) in [6.07, 6.45) is 8.83. The predicted molar refractivity (Wildman–Crippen MR) is 50.6 cm³/mol. The van der Waals surface area contributed by atoms with Crippen LogP contribution in [0.15, 0.2) is 36.5 Å². The summed E-state index contributed by atoms with van der Waals surface area (Å²) < 4.78 is 0. The second-order valence-corrected chi connectivity index (χ2v) is 3.03. The molecule has 2 nitrogen and oxygen atoms in total. The van der Waals surface area contributed by atoms with E-state index in [9.17, 15) is 5.11 Å². The highest BCUT2D eigenvalue weighted by Crippen LogP contribution is 2.11. The summed E-state index contributed by atoms with van der Waals surface area (Å²) in [6, 6.07) is -0.318. The first kappa shape index (κ1) is 9.23. The molecule has 1 rings (SSSR count). The van der Waals surface area contributed by atoms with Crippen molar-refractivity contribution in [2.45, 2.75) is 25.0 Å². The van der Waals surface area contributed by atoms with Crippen molar-refractivity contribution in [2.75, 3.05) is 0 Å². The molecule has 3 N–H and O–H groups in total. The van der Waals surface area contributed by atoms with Gasteiger partial charge in [0.2, 0.25) is 0 Å². The van der Waals surface area contributed by atoms with Crippen LogP contribution in [0.4, 0.5) is 0 Å². The summed E-state index contributed by atoms with van der Waals surface area (Å²) in [5.74, 6) is 0. The number of aliphatic hydroxyl groups is 1. The number of rotatable bonds is 0. The Morgan fingerprint density at radius 2 is 2.25 bits per heavy atom. The molecule has 0 heterocycles. The molecule has 0 radical (unpaired) electrons. The molecule has 0 saturated heterocycles. The molecule has 0 unspecified atom stereocenters. The zero-order valence-corrected chi connectivity index (χ0v) is 7.11. The van der Waals surface area contributed by atoms with Crippen LogP contribution >= 0.6 is 0 Å². The SMILES string of the molecule is C=C1/C=C\C=C/CC[C@H](O)[C@@H]1N. The number of nitrogens with two attached hydrogens (primary N) is 1. The van der Waals surface area contributed by atoms with E-state index in [1.54, 1.807) is 0 Å². The Hall–Kier alpha value is -0.860. The van der Waals surface area contributed by atoms with Gasteiger partial charge in [-0.2, -0.15) is 0 Å². The van der Waals surface area contributed by atoms with Crippen molar-refractivity contribution >= 4 is 0 Å². The first-order valence-electron chi connectivity index (χ1n) is 4.17. The second-order valence-electron chi connectivity index (χ2n) is 3.03. The van der Waals surface area contributed by atoms with Crippen LogP contribution in [0, 0.1) is 0 Å². The standard InChI is InChI=1S/C10H15NO/c1-8-6-4-2-3-5-7-9(12)10(8)11/h2-4,6,9-10,12H,1,5,7,11H2/b3-2-,6-4-/t9-,10+/m0/s1. The summed E-state index contributed by atoms with van der Waals surface area (Å²) in [5.41, 5.74) is 6.52. The van der Waals surface area contributed by atoms with Gasteiger partial charge in [0.25, 0.3) is 0 Å². The predicted octanol–water partition coefficient (Wildman–Crippen LogP) is 1.14. The monoisotopic (exact) mass is 165 g/mol. The smallest absolute Gasteiger partial charge is 0.0735 e. The van der Waals surface area contributed by atoms with Gasteiger partial charge in [0.05, 0.1) is 12.1 Å². The lowest BCUT2D eigenvalue weighted by Gasteiger charge is -2.17. The van der Waals surface area contributed by atoms with E-state index in [0.717, 1.165) is 12.0 Å². The van der Waals surface area contributed by atoms with Gasteiger partial charge in [-0.1, -0.05) is 30.9 Å². The van der Waals surface area contributed by atoms with Crippen molar-refractivity contribution in [3.05, 3.63) is 36.5 Å². The molecule has 2 atom stereocenters. The molecule has 2 heteroatoms. The molecule has 12 heavy (non-hydrogen) atoms. The maximum Gasteiger partial charge on any atom is 0.0735 e. The van der Waals surface area contributed by atoms with E-state index >= 15 is 0 Å². The topological polar surface area (TPSA) is 46.2 Å². The Labute approximate surface area is 73.1 Å². The van der Waals surface area contributed by atoms with Crippen molar-refractivity contribution in [2.24, 2.45) is 5.73 Å². The van der Waals surface area contributed by atoms with E-state index in [0.29, 0.717) is 6.42 Å². The molecule has 0 aliphatic heterocycles. The molecule has 0 amide bonds. The van der Waals surface area contributed by atoms with Crippen LogP contribution in [0.5, 0.6) is 0 Å². The van der Waals surface area contributed by atoms with E-state index in [-0.39, 0.29) is 6.04 Å². The fraction of sp³-hybridized carbons (Fsp3) is 0.400. The van der Waals surface area contributed by atoms with Crippen molar-refractivity contribution in [3.63, 3.8) is 0 Å². The van der Waals surface area contributed by atoms with Gasteiger partial charge < -0.3 is 10.8 Å². The first-order valence-corrected chi connectivity index (χ1v) is 4.17. The van der Waals surface area contributed by atoms with Gasteiger partial charge in [0.1, 0.15) is 0 Å². The Bertz CT molecular complexity index is 218. The summed E-state index contributed by atoms with van der Waals surface area (Å²) >= 11 is 0. The Balaban J connectivity index is 2.70. The lowest BCUT2D eigenvalue weighted by Crippen LogP contribution is -2.35. The van der Waals surface area contributed by atoms with Gasteiger partial charge in [-0.15, -0.1) is 0 Å². The van der Waals surface area contributed by atoms with Crippen molar-refractivity contribution in [3.8, 4) is 0 Å². The van der Waals surface area contributed by atoms with Crippen molar-refractivity contribution in [1.82, 2.24) is 0 Å². The van der Waals surface area contributed by atoms with Crippen LogP contribution in [-0.2, 0) is 0 Å². The van der Waals surface area contributed by atoms with E-state index in [2.05, 4.69) is 6.58 Å². The molecule has 0 fully saturated rings. The van der Waals surface area contributed by atoms with Crippen LogP contribution in [0.1, 0.15) is 12.8 Å². The molecular formula is C10H15NO. The van der Waals surface area contributed by atoms with Gasteiger partial charge in [-0.05, 0) is 18.4 Å². The zero-order valence-electron chi connectivity index (χ0n) is 7.11. The normalized spacial score (nSPS) is 36.3. The van der Waals surface area contributed by atoms with Crippen molar-refractivity contribution < 1.29 is 5.11 Å². The fourth-order valence-corrected chi connectivity index (χ4v) is 1.16. The summed E-state index contributed by atoms with van der Waals surface area (Å²) in [6.45, 7) is 3.78. The van der Waals surface area contributed by atoms with Gasteiger partial charge in [-0.25, -0.2) is 0 Å². The van der Waals surface area contributed by atoms with Gasteiger partial charge in [0, 0.05) is 0 Å². The minimum absolute atomic E-state index is 0.318. The molecule has 1 aliphatic carbocycles. The quantitative estimate of drug-likeness (QED) is 0.565. The number of aliphatic hydroxyl groups excluding tert-OH is 1. The second kappa shape index (κ2) is 4.24. The lowest BCUT2D eigenvalue weighted by atomic mass is 10.0. The van der Waals surface area contributed by atoms with E-state index in [1.807, 2.05) is 24.3 Å². The van der Waals surface area contributed by atoms with E-state index in [1.165, 1.54) is 0 Å². The van der Waals surface area contributed by atoms with Crippen LogP contribution in [0.3, 0.4) is 0 Å². The highest BCUT2D eigenvalue weighted by molar-refractivity contribution is 5.25. The number of hydrogen-bond donors (Lipinski definition) is 2. The average molecular weight is 165 g/mol. The molecule has 66 valence electrons. The number of hydrogen-bond acceptors (Lipinski definition) is 2. The van der Waals surface area contributed by atoms with Crippen LogP contribution in [-0.4, -0.2) is 17.3 Å². The van der Waals surface area contributed by atoms with Crippen molar-refractivity contribution in [1.29, 1.82) is 0 Å². The maximum atomic E-state index is 9.52. The van der Waals surface area contributed by atoms with Crippen LogP contribution < -0.4 is 5.73 Å². The van der Waals surface area contributed by atoms with Crippen LogP contribution in [0.25, 0.3) is 0 Å². The highest BCUT2D eigenvalue weighted by Gasteiger charge is 2.15. The number of allylic oxidation sites excluding steroid dienone is 3. The zero-order chi connectivity index (χ0) is 8.97. The Morgan fingerprint density at radius 3 is 3.00 bits per heavy atom. The molecule has 0 spiro atoms. The third-order valence-electron chi connectivity index (χ3n) is 2.03. The first-order chi connectivity index (χ1) is 5.72. The molecule has 0 aromatic rings. The van der Waals surface area contributed by atoms with E-state index in [4.69, 9.17) is 5.73 Å².